The average molecular weight is 348 g/mol. The maximum atomic E-state index is 12.3. The summed E-state index contributed by atoms with van der Waals surface area (Å²) in [6.45, 7) is 2.41. The highest BCUT2D eigenvalue weighted by atomic mass is 32.1. The van der Waals surface area contributed by atoms with E-state index in [9.17, 15) is 9.59 Å². The molecule has 3 rings (SSSR count). The van der Waals surface area contributed by atoms with E-state index in [-0.39, 0.29) is 16.8 Å². The predicted octanol–water partition coefficient (Wildman–Crippen LogP) is 3.00. The van der Waals surface area contributed by atoms with Crippen molar-refractivity contribution in [2.24, 2.45) is 0 Å². The van der Waals surface area contributed by atoms with E-state index in [1.165, 1.54) is 12.5 Å². The zero-order valence-electron chi connectivity index (χ0n) is 13.2. The van der Waals surface area contributed by atoms with Gasteiger partial charge in [0.05, 0.1) is 17.9 Å². The Kier molecular flexibility index (Phi) is 5.32. The number of carboxylic acids is 1. The van der Waals surface area contributed by atoms with Gasteiger partial charge in [-0.2, -0.15) is 0 Å². The van der Waals surface area contributed by atoms with E-state index < -0.39 is 5.97 Å². The second kappa shape index (κ2) is 7.63. The number of rotatable bonds is 6. The number of furan rings is 1. The lowest BCUT2D eigenvalue weighted by Gasteiger charge is -2.33. The number of carbonyl (C=O) groups is 2. The van der Waals surface area contributed by atoms with E-state index in [0.717, 1.165) is 43.0 Å². The van der Waals surface area contributed by atoms with Gasteiger partial charge >= 0.3 is 5.97 Å². The molecule has 1 atom stereocenters. The van der Waals surface area contributed by atoms with Crippen molar-refractivity contribution in [3.63, 3.8) is 0 Å². The normalized spacial score (nSPS) is 16.7. The number of hydrogen-bond acceptors (Lipinski definition) is 5. The number of hydrogen-bond donors (Lipinski definition) is 2. The molecule has 1 fully saturated rings. The predicted molar refractivity (Wildman–Crippen MR) is 90.5 cm³/mol. The zero-order valence-corrected chi connectivity index (χ0v) is 14.1. The number of amides is 1. The molecule has 7 heteroatoms. The molecule has 24 heavy (non-hydrogen) atoms. The Morgan fingerprint density at radius 2 is 2.12 bits per heavy atom. The fourth-order valence-electron chi connectivity index (χ4n) is 2.98. The molecule has 6 nitrogen and oxygen atoms in total. The fraction of sp³-hybridized carbons (Fsp3) is 0.412. The SMILES string of the molecule is O=C(NCC(c1ccco1)N1CCCCC1)c1csc(C(=O)O)c1. The molecule has 0 spiro atoms. The summed E-state index contributed by atoms with van der Waals surface area (Å²) in [7, 11) is 0. The van der Waals surface area contributed by atoms with E-state index >= 15 is 0 Å². The number of carbonyl (C=O) groups excluding carboxylic acids is 1. The third kappa shape index (κ3) is 3.85. The van der Waals surface area contributed by atoms with Crippen molar-refractivity contribution in [2.75, 3.05) is 19.6 Å². The van der Waals surface area contributed by atoms with Gasteiger partial charge in [-0.25, -0.2) is 4.79 Å². The number of nitrogens with zero attached hydrogens (tertiary/aromatic N) is 1. The van der Waals surface area contributed by atoms with Crippen LogP contribution >= 0.6 is 11.3 Å². The van der Waals surface area contributed by atoms with Gasteiger partial charge in [-0.05, 0) is 44.1 Å². The Hall–Kier alpha value is -2.12. The van der Waals surface area contributed by atoms with E-state index in [0.29, 0.717) is 12.1 Å². The molecule has 2 aromatic rings. The number of aromatic carboxylic acids is 1. The van der Waals surface area contributed by atoms with Crippen LogP contribution in [-0.4, -0.2) is 41.5 Å². The largest absolute Gasteiger partial charge is 0.477 e. The van der Waals surface area contributed by atoms with Gasteiger partial charge in [0, 0.05) is 11.9 Å². The quantitative estimate of drug-likeness (QED) is 0.838. The standard InChI is InChI=1S/C17H20N2O4S/c20-16(12-9-15(17(21)22)24-11-12)18-10-13(14-5-4-8-23-14)19-6-2-1-3-7-19/h4-5,8-9,11,13H,1-3,6-7,10H2,(H,18,20)(H,21,22). The van der Waals surface area contributed by atoms with Gasteiger partial charge in [0.25, 0.3) is 5.91 Å². The van der Waals surface area contributed by atoms with E-state index in [2.05, 4.69) is 10.2 Å². The molecule has 0 aliphatic carbocycles. The average Bonchev–Trinajstić information content (AvgIpc) is 3.28. The number of piperidine rings is 1. The first-order valence-electron chi connectivity index (χ1n) is 8.02. The van der Waals surface area contributed by atoms with Gasteiger partial charge in [0.1, 0.15) is 10.6 Å². The molecule has 0 aromatic carbocycles. The molecule has 2 N–H and O–H groups in total. The second-order valence-corrected chi connectivity index (χ2v) is 6.75. The van der Waals surface area contributed by atoms with Crippen LogP contribution in [0.4, 0.5) is 0 Å². The topological polar surface area (TPSA) is 82.8 Å². The van der Waals surface area contributed by atoms with Crippen molar-refractivity contribution in [3.05, 3.63) is 46.0 Å². The van der Waals surface area contributed by atoms with Crippen LogP contribution in [-0.2, 0) is 0 Å². The molecule has 1 aliphatic rings. The monoisotopic (exact) mass is 348 g/mol. The first-order valence-corrected chi connectivity index (χ1v) is 8.90. The molecule has 2 aromatic heterocycles. The minimum Gasteiger partial charge on any atom is -0.477 e. The molecule has 3 heterocycles. The van der Waals surface area contributed by atoms with Crippen molar-refractivity contribution in [2.45, 2.75) is 25.3 Å². The van der Waals surface area contributed by atoms with Crippen LogP contribution in [0.25, 0.3) is 0 Å². The van der Waals surface area contributed by atoms with Gasteiger partial charge in [-0.3, -0.25) is 9.69 Å². The summed E-state index contributed by atoms with van der Waals surface area (Å²) in [4.78, 5) is 25.7. The van der Waals surface area contributed by atoms with Crippen molar-refractivity contribution >= 4 is 23.2 Å². The van der Waals surface area contributed by atoms with Crippen LogP contribution in [0.15, 0.2) is 34.3 Å². The highest BCUT2D eigenvalue weighted by Crippen LogP contribution is 2.24. The van der Waals surface area contributed by atoms with Crippen LogP contribution in [0.3, 0.4) is 0 Å². The Balaban J connectivity index is 1.66. The molecule has 1 unspecified atom stereocenters. The highest BCUT2D eigenvalue weighted by Gasteiger charge is 2.25. The van der Waals surface area contributed by atoms with Crippen molar-refractivity contribution < 1.29 is 19.1 Å². The Bertz CT molecular complexity index is 689. The maximum Gasteiger partial charge on any atom is 0.345 e. The smallest absolute Gasteiger partial charge is 0.345 e. The molecular weight excluding hydrogens is 328 g/mol. The summed E-state index contributed by atoms with van der Waals surface area (Å²) in [5, 5.41) is 13.4. The Morgan fingerprint density at radius 3 is 2.75 bits per heavy atom. The summed E-state index contributed by atoms with van der Waals surface area (Å²) < 4.78 is 5.55. The van der Waals surface area contributed by atoms with Gasteiger partial charge in [0.15, 0.2) is 0 Å². The van der Waals surface area contributed by atoms with Gasteiger partial charge < -0.3 is 14.8 Å². The number of thiophene rings is 1. The molecule has 1 aliphatic heterocycles. The second-order valence-electron chi connectivity index (χ2n) is 5.84. The minimum atomic E-state index is -1.01. The maximum absolute atomic E-state index is 12.3. The lowest BCUT2D eigenvalue weighted by Crippen LogP contribution is -2.40. The van der Waals surface area contributed by atoms with Gasteiger partial charge in [-0.1, -0.05) is 6.42 Å². The summed E-state index contributed by atoms with van der Waals surface area (Å²) in [5.74, 6) is -0.429. The van der Waals surface area contributed by atoms with Crippen molar-refractivity contribution in [3.8, 4) is 0 Å². The van der Waals surface area contributed by atoms with Crippen LogP contribution in [0.5, 0.6) is 0 Å². The number of nitrogens with one attached hydrogen (secondary N) is 1. The summed E-state index contributed by atoms with van der Waals surface area (Å²) in [5.41, 5.74) is 0.384. The fourth-order valence-corrected chi connectivity index (χ4v) is 3.70. The molecule has 1 amide bonds. The zero-order chi connectivity index (χ0) is 16.9. The first kappa shape index (κ1) is 16.7. The highest BCUT2D eigenvalue weighted by molar-refractivity contribution is 7.12. The van der Waals surface area contributed by atoms with Crippen LogP contribution in [0.2, 0.25) is 0 Å². The van der Waals surface area contributed by atoms with Crippen LogP contribution in [0.1, 0.15) is 51.1 Å². The summed E-state index contributed by atoms with van der Waals surface area (Å²) >= 11 is 1.06. The Labute approximate surface area is 144 Å². The summed E-state index contributed by atoms with van der Waals surface area (Å²) in [6, 6.07) is 5.19. The minimum absolute atomic E-state index is 0.00169. The van der Waals surface area contributed by atoms with E-state index in [1.54, 1.807) is 11.6 Å². The third-order valence-electron chi connectivity index (χ3n) is 4.23. The van der Waals surface area contributed by atoms with Crippen LogP contribution in [0, 0.1) is 0 Å². The summed E-state index contributed by atoms with van der Waals surface area (Å²) in [6.07, 6.45) is 5.18. The molecule has 0 bridgehead atoms. The van der Waals surface area contributed by atoms with Gasteiger partial charge in [0.2, 0.25) is 0 Å². The lowest BCUT2D eigenvalue weighted by molar-refractivity contribution is 0.0702. The molecule has 0 saturated carbocycles. The van der Waals surface area contributed by atoms with E-state index in [4.69, 9.17) is 9.52 Å². The van der Waals surface area contributed by atoms with Crippen molar-refractivity contribution in [1.29, 1.82) is 0 Å². The van der Waals surface area contributed by atoms with Crippen molar-refractivity contribution in [1.82, 2.24) is 10.2 Å². The molecular formula is C17H20N2O4S. The van der Waals surface area contributed by atoms with Crippen LogP contribution < -0.4 is 5.32 Å². The Morgan fingerprint density at radius 1 is 1.33 bits per heavy atom. The molecule has 0 radical (unpaired) electrons. The van der Waals surface area contributed by atoms with E-state index in [1.807, 2.05) is 12.1 Å². The molecule has 128 valence electrons. The first-order chi connectivity index (χ1) is 11.6. The number of likely N-dealkylation sites (tertiary alicyclic amines) is 1. The van der Waals surface area contributed by atoms with Gasteiger partial charge in [-0.15, -0.1) is 11.3 Å². The number of carboxylic acid groups (broad SMARTS) is 1. The third-order valence-corrected chi connectivity index (χ3v) is 5.15. The molecule has 1 saturated heterocycles. The lowest BCUT2D eigenvalue weighted by atomic mass is 10.1.